The monoisotopic (exact) mass is 345 g/mol. The second kappa shape index (κ2) is 6.16. The van der Waals surface area contributed by atoms with Crippen LogP contribution in [0.25, 0.3) is 0 Å². The number of piperidine rings is 1. The molecule has 1 aromatic rings. The molecule has 1 fully saturated rings. The van der Waals surface area contributed by atoms with Crippen LogP contribution in [0.15, 0.2) is 24.3 Å². The first kappa shape index (κ1) is 13.3. The largest absolute Gasteiger partial charge is 0.396 e. The summed E-state index contributed by atoms with van der Waals surface area (Å²) in [6.07, 6.45) is 2.37. The predicted octanol–water partition coefficient (Wildman–Crippen LogP) is 2.88. The molecule has 1 aliphatic rings. The van der Waals surface area contributed by atoms with Gasteiger partial charge in [-0.25, -0.2) is 0 Å². The molecule has 2 rings (SSSR count). The van der Waals surface area contributed by atoms with Crippen LogP contribution in [0.1, 0.15) is 25.3 Å². The van der Waals surface area contributed by atoms with Gasteiger partial charge in [-0.05, 0) is 66.0 Å². The third kappa shape index (κ3) is 3.66. The number of hydrogen-bond donors (Lipinski definition) is 1. The number of likely N-dealkylation sites (tertiary alicyclic amines) is 1. The molecule has 3 heteroatoms. The Kier molecular flexibility index (Phi) is 4.82. The maximum atomic E-state index is 9.27. The highest BCUT2D eigenvalue weighted by Crippen LogP contribution is 2.23. The van der Waals surface area contributed by atoms with Crippen molar-refractivity contribution in [1.29, 1.82) is 0 Å². The Balaban J connectivity index is 1.98. The third-order valence-electron chi connectivity index (χ3n) is 3.67. The van der Waals surface area contributed by atoms with E-state index in [4.69, 9.17) is 0 Å². The van der Waals surface area contributed by atoms with Crippen molar-refractivity contribution < 1.29 is 5.11 Å². The van der Waals surface area contributed by atoms with E-state index in [-0.39, 0.29) is 0 Å². The molecule has 1 heterocycles. The highest BCUT2D eigenvalue weighted by Gasteiger charge is 2.24. The average Bonchev–Trinajstić information content (AvgIpc) is 2.35. The average molecular weight is 345 g/mol. The van der Waals surface area contributed by atoms with Crippen molar-refractivity contribution in [2.24, 2.45) is 5.92 Å². The lowest BCUT2D eigenvalue weighted by Crippen LogP contribution is -2.42. The van der Waals surface area contributed by atoms with E-state index in [9.17, 15) is 5.11 Å². The fraction of sp³-hybridized carbons (Fsp3) is 0.571. The summed E-state index contributed by atoms with van der Waals surface area (Å²) in [5, 5.41) is 9.27. The Labute approximate surface area is 117 Å². The molecule has 2 nitrogen and oxygen atoms in total. The lowest BCUT2D eigenvalue weighted by Gasteiger charge is -2.37. The Morgan fingerprint density at radius 2 is 2.00 bits per heavy atom. The lowest BCUT2D eigenvalue weighted by molar-refractivity contribution is 0.0771. The van der Waals surface area contributed by atoms with Gasteiger partial charge in [0.15, 0.2) is 0 Å². The van der Waals surface area contributed by atoms with Crippen molar-refractivity contribution in [3.05, 3.63) is 33.4 Å². The van der Waals surface area contributed by atoms with Gasteiger partial charge in [0.2, 0.25) is 0 Å². The number of benzene rings is 1. The highest BCUT2D eigenvalue weighted by molar-refractivity contribution is 14.1. The maximum Gasteiger partial charge on any atom is 0.0471 e. The zero-order chi connectivity index (χ0) is 12.3. The van der Waals surface area contributed by atoms with Crippen LogP contribution in [0.3, 0.4) is 0 Å². The molecule has 1 saturated heterocycles. The van der Waals surface area contributed by atoms with E-state index in [1.54, 1.807) is 0 Å². The molecular weight excluding hydrogens is 325 g/mol. The molecule has 0 radical (unpaired) electrons. The summed E-state index contributed by atoms with van der Waals surface area (Å²) in [5.74, 6) is 0.468. The van der Waals surface area contributed by atoms with Crippen LogP contribution < -0.4 is 0 Å². The van der Waals surface area contributed by atoms with E-state index in [0.717, 1.165) is 13.1 Å². The van der Waals surface area contributed by atoms with Crippen LogP contribution in [-0.2, 0) is 6.54 Å². The van der Waals surface area contributed by atoms with Crippen LogP contribution in [0.5, 0.6) is 0 Å². The zero-order valence-electron chi connectivity index (χ0n) is 10.3. The van der Waals surface area contributed by atoms with E-state index in [1.165, 1.54) is 22.0 Å². The molecular formula is C14H20INO. The van der Waals surface area contributed by atoms with Crippen LogP contribution in [0, 0.1) is 9.49 Å². The van der Waals surface area contributed by atoms with Crippen molar-refractivity contribution >= 4 is 22.6 Å². The standard InChI is InChI=1S/C14H20INO/c1-11-2-3-13(10-17)9-16(11)8-12-4-6-14(15)7-5-12/h4-7,11,13,17H,2-3,8-10H2,1H3. The molecule has 0 spiro atoms. The van der Waals surface area contributed by atoms with Crippen LogP contribution in [0.2, 0.25) is 0 Å². The van der Waals surface area contributed by atoms with Gasteiger partial charge in [-0.1, -0.05) is 12.1 Å². The number of aliphatic hydroxyl groups is 1. The molecule has 0 bridgehead atoms. The summed E-state index contributed by atoms with van der Waals surface area (Å²) in [4.78, 5) is 2.49. The van der Waals surface area contributed by atoms with Gasteiger partial charge < -0.3 is 5.11 Å². The number of nitrogens with zero attached hydrogens (tertiary/aromatic N) is 1. The summed E-state index contributed by atoms with van der Waals surface area (Å²) in [5.41, 5.74) is 1.37. The van der Waals surface area contributed by atoms with Crippen molar-refractivity contribution in [3.8, 4) is 0 Å². The molecule has 0 aliphatic carbocycles. The molecule has 94 valence electrons. The number of aliphatic hydroxyl groups excluding tert-OH is 1. The smallest absolute Gasteiger partial charge is 0.0471 e. The SMILES string of the molecule is CC1CCC(CO)CN1Cc1ccc(I)cc1. The lowest BCUT2D eigenvalue weighted by atomic mass is 9.93. The van der Waals surface area contributed by atoms with Gasteiger partial charge in [0.05, 0.1) is 0 Å². The van der Waals surface area contributed by atoms with E-state index in [2.05, 4.69) is 58.7 Å². The number of rotatable bonds is 3. The van der Waals surface area contributed by atoms with Crippen LogP contribution in [0.4, 0.5) is 0 Å². The topological polar surface area (TPSA) is 23.5 Å². The van der Waals surface area contributed by atoms with Gasteiger partial charge in [-0.15, -0.1) is 0 Å². The van der Waals surface area contributed by atoms with Crippen molar-refractivity contribution in [1.82, 2.24) is 4.90 Å². The molecule has 0 aromatic heterocycles. The Bertz CT molecular complexity index is 352. The number of halogens is 1. The first-order valence-electron chi connectivity index (χ1n) is 6.28. The van der Waals surface area contributed by atoms with Crippen LogP contribution in [-0.4, -0.2) is 29.2 Å². The summed E-state index contributed by atoms with van der Waals surface area (Å²) in [6.45, 7) is 4.66. The summed E-state index contributed by atoms with van der Waals surface area (Å²) in [6, 6.07) is 9.37. The molecule has 1 N–H and O–H groups in total. The summed E-state index contributed by atoms with van der Waals surface area (Å²) >= 11 is 2.33. The minimum atomic E-state index is 0.329. The molecule has 2 unspecified atom stereocenters. The fourth-order valence-electron chi connectivity index (χ4n) is 2.46. The van der Waals surface area contributed by atoms with Crippen molar-refractivity contribution in [2.45, 2.75) is 32.4 Å². The molecule has 0 amide bonds. The first-order chi connectivity index (χ1) is 8.19. The van der Waals surface area contributed by atoms with E-state index >= 15 is 0 Å². The first-order valence-corrected chi connectivity index (χ1v) is 7.36. The Hall–Kier alpha value is -0.130. The van der Waals surface area contributed by atoms with Gasteiger partial charge in [-0.2, -0.15) is 0 Å². The molecule has 2 atom stereocenters. The molecule has 17 heavy (non-hydrogen) atoms. The van der Waals surface area contributed by atoms with Gasteiger partial charge in [-0.3, -0.25) is 4.90 Å². The molecule has 1 aliphatic heterocycles. The van der Waals surface area contributed by atoms with Gasteiger partial charge in [0, 0.05) is 29.3 Å². The molecule has 1 aromatic carbocycles. The minimum Gasteiger partial charge on any atom is -0.396 e. The van der Waals surface area contributed by atoms with Crippen molar-refractivity contribution in [2.75, 3.05) is 13.2 Å². The summed E-state index contributed by atoms with van der Waals surface area (Å²) < 4.78 is 1.28. The van der Waals surface area contributed by atoms with Gasteiger partial charge in [0.25, 0.3) is 0 Å². The van der Waals surface area contributed by atoms with Gasteiger partial charge >= 0.3 is 0 Å². The van der Waals surface area contributed by atoms with E-state index < -0.39 is 0 Å². The Morgan fingerprint density at radius 1 is 1.29 bits per heavy atom. The van der Waals surface area contributed by atoms with Crippen molar-refractivity contribution in [3.63, 3.8) is 0 Å². The quantitative estimate of drug-likeness (QED) is 0.852. The maximum absolute atomic E-state index is 9.27. The molecule has 0 saturated carbocycles. The van der Waals surface area contributed by atoms with Crippen LogP contribution >= 0.6 is 22.6 Å². The second-order valence-electron chi connectivity index (χ2n) is 5.03. The fourth-order valence-corrected chi connectivity index (χ4v) is 2.82. The number of hydrogen-bond acceptors (Lipinski definition) is 2. The minimum absolute atomic E-state index is 0.329. The van der Waals surface area contributed by atoms with E-state index in [0.29, 0.717) is 18.6 Å². The zero-order valence-corrected chi connectivity index (χ0v) is 12.4. The second-order valence-corrected chi connectivity index (χ2v) is 6.28. The van der Waals surface area contributed by atoms with E-state index in [1.807, 2.05) is 0 Å². The highest BCUT2D eigenvalue weighted by atomic mass is 127. The summed E-state index contributed by atoms with van der Waals surface area (Å²) in [7, 11) is 0. The Morgan fingerprint density at radius 3 is 2.65 bits per heavy atom. The van der Waals surface area contributed by atoms with Gasteiger partial charge in [0.1, 0.15) is 0 Å². The normalized spacial score (nSPS) is 26.1. The third-order valence-corrected chi connectivity index (χ3v) is 4.39. The predicted molar refractivity (Wildman–Crippen MR) is 78.8 cm³/mol.